The molecule has 0 amide bonds. The van der Waals surface area contributed by atoms with Gasteiger partial charge in [-0.25, -0.2) is 9.97 Å². The standard InChI is InChI=1S/C18H12ClF3N2S/c19-14-9-5-4-8-13(14)11-25-17-23-15(12-6-2-1-3-7-12)10-16(24-17)18(20,21)22/h1-10H,11H2. The number of nitrogens with zero attached hydrogens (tertiary/aromatic N) is 2. The van der Waals surface area contributed by atoms with E-state index >= 15 is 0 Å². The van der Waals surface area contributed by atoms with E-state index in [1.165, 1.54) is 0 Å². The Hall–Kier alpha value is -2.05. The molecule has 1 heterocycles. The Morgan fingerprint density at radius 3 is 2.28 bits per heavy atom. The van der Waals surface area contributed by atoms with Crippen LogP contribution in [-0.4, -0.2) is 9.97 Å². The third kappa shape index (κ3) is 4.52. The third-order valence-corrected chi connectivity index (χ3v) is 4.65. The van der Waals surface area contributed by atoms with Gasteiger partial charge in [0.25, 0.3) is 0 Å². The summed E-state index contributed by atoms with van der Waals surface area (Å²) in [4.78, 5) is 7.93. The van der Waals surface area contributed by atoms with Crippen molar-refractivity contribution < 1.29 is 13.2 Å². The van der Waals surface area contributed by atoms with Gasteiger partial charge in [0.1, 0.15) is 5.69 Å². The van der Waals surface area contributed by atoms with Crippen LogP contribution < -0.4 is 0 Å². The fourth-order valence-corrected chi connectivity index (χ4v) is 3.29. The predicted octanol–water partition coefficient (Wildman–Crippen LogP) is 6.11. The van der Waals surface area contributed by atoms with Gasteiger partial charge in [0, 0.05) is 16.3 Å². The Labute approximate surface area is 152 Å². The van der Waals surface area contributed by atoms with Gasteiger partial charge in [-0.2, -0.15) is 13.2 Å². The van der Waals surface area contributed by atoms with Crippen LogP contribution in [-0.2, 0) is 11.9 Å². The van der Waals surface area contributed by atoms with Crippen LogP contribution in [0.2, 0.25) is 5.02 Å². The summed E-state index contributed by atoms with van der Waals surface area (Å²) in [5, 5.41) is 0.624. The van der Waals surface area contributed by atoms with Crippen LogP contribution in [0.15, 0.2) is 65.8 Å². The van der Waals surface area contributed by atoms with Gasteiger partial charge in [0.05, 0.1) is 5.69 Å². The van der Waals surface area contributed by atoms with E-state index < -0.39 is 11.9 Å². The van der Waals surface area contributed by atoms with Crippen molar-refractivity contribution in [2.24, 2.45) is 0 Å². The van der Waals surface area contributed by atoms with E-state index in [-0.39, 0.29) is 10.9 Å². The summed E-state index contributed by atoms with van der Waals surface area (Å²) in [7, 11) is 0. The van der Waals surface area contributed by atoms with Crippen LogP contribution in [0, 0.1) is 0 Å². The van der Waals surface area contributed by atoms with Crippen LogP contribution in [0.4, 0.5) is 13.2 Å². The zero-order valence-corrected chi connectivity index (χ0v) is 14.4. The Kier molecular flexibility index (Phi) is 5.30. The maximum Gasteiger partial charge on any atom is 0.433 e. The van der Waals surface area contributed by atoms with E-state index in [1.807, 2.05) is 12.1 Å². The first-order chi connectivity index (χ1) is 11.9. The second-order valence-electron chi connectivity index (χ2n) is 5.16. The van der Waals surface area contributed by atoms with Crippen molar-refractivity contribution in [2.75, 3.05) is 0 Å². The van der Waals surface area contributed by atoms with Crippen molar-refractivity contribution in [1.82, 2.24) is 9.97 Å². The summed E-state index contributed by atoms with van der Waals surface area (Å²) < 4.78 is 39.5. The number of halogens is 4. The van der Waals surface area contributed by atoms with Crippen LogP contribution in [0.1, 0.15) is 11.3 Å². The highest BCUT2D eigenvalue weighted by molar-refractivity contribution is 7.98. The first kappa shape index (κ1) is 17.8. The molecular weight excluding hydrogens is 369 g/mol. The van der Waals surface area contributed by atoms with Gasteiger partial charge in [-0.3, -0.25) is 0 Å². The molecule has 0 aliphatic heterocycles. The number of rotatable bonds is 4. The number of hydrogen-bond donors (Lipinski definition) is 0. The van der Waals surface area contributed by atoms with Gasteiger partial charge in [-0.15, -0.1) is 0 Å². The zero-order valence-electron chi connectivity index (χ0n) is 12.8. The molecule has 25 heavy (non-hydrogen) atoms. The van der Waals surface area contributed by atoms with E-state index in [4.69, 9.17) is 11.6 Å². The fourth-order valence-electron chi connectivity index (χ4n) is 2.15. The third-order valence-electron chi connectivity index (χ3n) is 3.38. The van der Waals surface area contributed by atoms with E-state index in [0.717, 1.165) is 23.4 Å². The van der Waals surface area contributed by atoms with Gasteiger partial charge in [-0.1, -0.05) is 71.9 Å². The second-order valence-corrected chi connectivity index (χ2v) is 6.51. The largest absolute Gasteiger partial charge is 0.433 e. The molecule has 0 aliphatic rings. The van der Waals surface area contributed by atoms with Gasteiger partial charge < -0.3 is 0 Å². The van der Waals surface area contributed by atoms with Crippen LogP contribution in [0.5, 0.6) is 0 Å². The van der Waals surface area contributed by atoms with Crippen molar-refractivity contribution in [3.8, 4) is 11.3 Å². The van der Waals surface area contributed by atoms with Crippen LogP contribution in [0.25, 0.3) is 11.3 Å². The molecule has 0 fully saturated rings. The Balaban J connectivity index is 1.94. The molecule has 128 valence electrons. The minimum absolute atomic E-state index is 0.0635. The average molecular weight is 381 g/mol. The van der Waals surface area contributed by atoms with Crippen molar-refractivity contribution in [3.05, 3.63) is 76.9 Å². The molecule has 0 N–H and O–H groups in total. The van der Waals surface area contributed by atoms with E-state index in [0.29, 0.717) is 16.3 Å². The summed E-state index contributed by atoms with van der Waals surface area (Å²) in [5.41, 5.74) is 0.707. The lowest BCUT2D eigenvalue weighted by molar-refractivity contribution is -0.141. The molecule has 2 aromatic carbocycles. The smallest absolute Gasteiger partial charge is 0.222 e. The van der Waals surface area contributed by atoms with Gasteiger partial charge in [-0.05, 0) is 17.7 Å². The molecule has 0 saturated carbocycles. The van der Waals surface area contributed by atoms with E-state index in [1.54, 1.807) is 42.5 Å². The zero-order chi connectivity index (χ0) is 17.9. The number of hydrogen-bond acceptors (Lipinski definition) is 3. The lowest BCUT2D eigenvalue weighted by Gasteiger charge is -2.11. The predicted molar refractivity (Wildman–Crippen MR) is 93.5 cm³/mol. The van der Waals surface area contributed by atoms with Crippen molar-refractivity contribution in [2.45, 2.75) is 17.1 Å². The first-order valence-corrected chi connectivity index (χ1v) is 8.68. The van der Waals surface area contributed by atoms with E-state index in [2.05, 4.69) is 9.97 Å². The molecule has 0 atom stereocenters. The second kappa shape index (κ2) is 7.45. The molecule has 0 spiro atoms. The normalized spacial score (nSPS) is 11.5. The van der Waals surface area contributed by atoms with Crippen molar-refractivity contribution in [1.29, 1.82) is 0 Å². The first-order valence-electron chi connectivity index (χ1n) is 7.31. The number of alkyl halides is 3. The fraction of sp³-hybridized carbons (Fsp3) is 0.111. The van der Waals surface area contributed by atoms with Gasteiger partial charge in [0.15, 0.2) is 5.16 Å². The molecule has 0 unspecified atom stereocenters. The Bertz CT molecular complexity index is 870. The van der Waals surface area contributed by atoms with Crippen molar-refractivity contribution >= 4 is 23.4 Å². The SMILES string of the molecule is FC(F)(F)c1cc(-c2ccccc2)nc(SCc2ccccc2Cl)n1. The molecule has 0 radical (unpaired) electrons. The minimum atomic E-state index is -4.54. The molecular formula is C18H12ClF3N2S. The highest BCUT2D eigenvalue weighted by atomic mass is 35.5. The van der Waals surface area contributed by atoms with Crippen LogP contribution >= 0.6 is 23.4 Å². The quantitative estimate of drug-likeness (QED) is 0.403. The highest BCUT2D eigenvalue weighted by Crippen LogP contribution is 2.33. The monoisotopic (exact) mass is 380 g/mol. The molecule has 3 rings (SSSR count). The summed E-state index contributed by atoms with van der Waals surface area (Å²) >= 11 is 7.21. The summed E-state index contributed by atoms with van der Waals surface area (Å²) in [6.45, 7) is 0. The summed E-state index contributed by atoms with van der Waals surface area (Å²) in [6.07, 6.45) is -4.54. The Morgan fingerprint density at radius 1 is 0.920 bits per heavy atom. The maximum atomic E-state index is 13.2. The van der Waals surface area contributed by atoms with Crippen molar-refractivity contribution in [3.63, 3.8) is 0 Å². The minimum Gasteiger partial charge on any atom is -0.222 e. The molecule has 0 aliphatic carbocycles. The number of benzene rings is 2. The highest BCUT2D eigenvalue weighted by Gasteiger charge is 2.33. The Morgan fingerprint density at radius 2 is 1.60 bits per heavy atom. The van der Waals surface area contributed by atoms with Gasteiger partial charge >= 0.3 is 6.18 Å². The van der Waals surface area contributed by atoms with E-state index in [9.17, 15) is 13.2 Å². The average Bonchev–Trinajstić information content (AvgIpc) is 2.61. The van der Waals surface area contributed by atoms with Crippen LogP contribution in [0.3, 0.4) is 0 Å². The molecule has 0 bridgehead atoms. The molecule has 2 nitrogen and oxygen atoms in total. The summed E-state index contributed by atoms with van der Waals surface area (Å²) in [6, 6.07) is 16.9. The maximum absolute atomic E-state index is 13.2. The molecule has 0 saturated heterocycles. The van der Waals surface area contributed by atoms with Gasteiger partial charge in [0.2, 0.25) is 0 Å². The lowest BCUT2D eigenvalue weighted by atomic mass is 10.1. The lowest BCUT2D eigenvalue weighted by Crippen LogP contribution is -2.10. The molecule has 7 heteroatoms. The molecule has 3 aromatic rings. The number of thioether (sulfide) groups is 1. The number of aromatic nitrogens is 2. The molecule has 1 aromatic heterocycles. The summed E-state index contributed by atoms with van der Waals surface area (Å²) in [5.74, 6) is 0.384. The topological polar surface area (TPSA) is 25.8 Å².